The fourth-order valence-electron chi connectivity index (χ4n) is 1.34. The zero-order chi connectivity index (χ0) is 8.55. The molecule has 0 amide bonds. The van der Waals surface area contributed by atoms with Crippen LogP contribution >= 0.6 is 0 Å². The summed E-state index contributed by atoms with van der Waals surface area (Å²) in [5.74, 6) is 0. The molecule has 1 unspecified atom stereocenters. The van der Waals surface area contributed by atoms with E-state index in [1.807, 2.05) is 25.1 Å². The summed E-state index contributed by atoms with van der Waals surface area (Å²) >= 11 is 0. The number of fused-ring (bicyclic) bond motifs is 1. The summed E-state index contributed by atoms with van der Waals surface area (Å²) in [5.41, 5.74) is 2.81. The molecule has 2 rings (SSSR count). The van der Waals surface area contributed by atoms with Crippen LogP contribution in [0.25, 0.3) is 0 Å². The molecule has 0 spiro atoms. The fourth-order valence-corrected chi connectivity index (χ4v) is 1.34. The number of nitrogens with one attached hydrogen (secondary N) is 1. The lowest BCUT2D eigenvalue weighted by Crippen LogP contribution is -2.22. The van der Waals surface area contributed by atoms with Gasteiger partial charge in [-0.3, -0.25) is 0 Å². The minimum absolute atomic E-state index is 0.614. The van der Waals surface area contributed by atoms with Gasteiger partial charge in [0.05, 0.1) is 12.0 Å². The standard InChI is InChI=1S/C9H10N2O/c1-6-3-2-4-7-8(6)10-5-11-9(7)12/h2-5,9,12H,1H3,(H,10,11). The van der Waals surface area contributed by atoms with Crippen molar-refractivity contribution in [2.45, 2.75) is 13.2 Å². The summed E-state index contributed by atoms with van der Waals surface area (Å²) in [5, 5.41) is 12.2. The van der Waals surface area contributed by atoms with Gasteiger partial charge in [0.1, 0.15) is 0 Å². The molecule has 1 aromatic rings. The monoisotopic (exact) mass is 162 g/mol. The third kappa shape index (κ3) is 0.987. The predicted octanol–water partition coefficient (Wildman–Crippen LogP) is 1.25. The topological polar surface area (TPSA) is 44.6 Å². The Labute approximate surface area is 70.8 Å². The van der Waals surface area contributed by atoms with Crippen LogP contribution in [0, 0.1) is 6.92 Å². The van der Waals surface area contributed by atoms with Crippen LogP contribution in [0.3, 0.4) is 0 Å². The van der Waals surface area contributed by atoms with Gasteiger partial charge in [0.25, 0.3) is 0 Å². The number of hydrogen-bond acceptors (Lipinski definition) is 3. The molecule has 3 nitrogen and oxygen atoms in total. The van der Waals surface area contributed by atoms with Crippen LogP contribution in [0.5, 0.6) is 0 Å². The van der Waals surface area contributed by atoms with Crippen molar-refractivity contribution in [2.75, 3.05) is 0 Å². The minimum atomic E-state index is -0.614. The van der Waals surface area contributed by atoms with Gasteiger partial charge in [-0.1, -0.05) is 18.2 Å². The number of nitrogens with zero attached hydrogens (tertiary/aromatic N) is 1. The fraction of sp³-hybridized carbons (Fsp3) is 0.222. The summed E-state index contributed by atoms with van der Waals surface area (Å²) in [4.78, 5) is 4.15. The lowest BCUT2D eigenvalue weighted by Gasteiger charge is -2.18. The SMILES string of the molecule is Cc1cccc2c1N=CNC2O. The van der Waals surface area contributed by atoms with Crippen molar-refractivity contribution in [3.8, 4) is 0 Å². The molecule has 62 valence electrons. The average Bonchev–Trinajstić information content (AvgIpc) is 2.07. The molecule has 3 heteroatoms. The molecule has 0 saturated carbocycles. The van der Waals surface area contributed by atoms with Crippen molar-refractivity contribution in [2.24, 2.45) is 4.99 Å². The highest BCUT2D eigenvalue weighted by Crippen LogP contribution is 2.29. The van der Waals surface area contributed by atoms with Crippen molar-refractivity contribution in [1.82, 2.24) is 5.32 Å². The zero-order valence-electron chi connectivity index (χ0n) is 6.78. The third-order valence-corrected chi connectivity index (χ3v) is 1.99. The Balaban J connectivity index is 2.61. The van der Waals surface area contributed by atoms with Crippen LogP contribution < -0.4 is 5.32 Å². The first-order chi connectivity index (χ1) is 5.79. The molecule has 2 N–H and O–H groups in total. The van der Waals surface area contributed by atoms with E-state index >= 15 is 0 Å². The van der Waals surface area contributed by atoms with E-state index in [4.69, 9.17) is 0 Å². The number of aliphatic hydroxyl groups is 1. The Morgan fingerprint density at radius 1 is 1.50 bits per heavy atom. The molecule has 1 aliphatic heterocycles. The number of aliphatic hydroxyl groups excluding tert-OH is 1. The van der Waals surface area contributed by atoms with Crippen molar-refractivity contribution in [3.05, 3.63) is 29.3 Å². The Bertz CT molecular complexity index is 333. The van der Waals surface area contributed by atoms with E-state index in [1.54, 1.807) is 0 Å². The Hall–Kier alpha value is -1.35. The maximum absolute atomic E-state index is 9.48. The summed E-state index contributed by atoms with van der Waals surface area (Å²) in [6, 6.07) is 5.77. The van der Waals surface area contributed by atoms with Crippen molar-refractivity contribution in [1.29, 1.82) is 0 Å². The summed E-state index contributed by atoms with van der Waals surface area (Å²) in [6.45, 7) is 1.98. The smallest absolute Gasteiger partial charge is 0.153 e. The lowest BCUT2D eigenvalue weighted by atomic mass is 10.1. The van der Waals surface area contributed by atoms with Gasteiger partial charge < -0.3 is 10.4 Å². The number of aryl methyl sites for hydroxylation is 1. The second kappa shape index (κ2) is 2.60. The van der Waals surface area contributed by atoms with E-state index in [0.717, 1.165) is 16.8 Å². The molecule has 1 atom stereocenters. The summed E-state index contributed by atoms with van der Waals surface area (Å²) in [6.07, 6.45) is 0.914. The van der Waals surface area contributed by atoms with E-state index in [1.165, 1.54) is 6.34 Å². The quantitative estimate of drug-likeness (QED) is 0.603. The van der Waals surface area contributed by atoms with E-state index in [0.29, 0.717) is 0 Å². The molecule has 0 aliphatic carbocycles. The molecular formula is C9H10N2O. The van der Waals surface area contributed by atoms with Crippen LogP contribution in [0.2, 0.25) is 0 Å². The second-order valence-corrected chi connectivity index (χ2v) is 2.84. The van der Waals surface area contributed by atoms with Gasteiger partial charge in [-0.15, -0.1) is 0 Å². The molecule has 12 heavy (non-hydrogen) atoms. The van der Waals surface area contributed by atoms with Crippen LogP contribution in [0.1, 0.15) is 17.4 Å². The number of benzene rings is 1. The van der Waals surface area contributed by atoms with Gasteiger partial charge in [-0.05, 0) is 12.5 Å². The Morgan fingerprint density at radius 2 is 2.33 bits per heavy atom. The van der Waals surface area contributed by atoms with Crippen LogP contribution in [0.4, 0.5) is 5.69 Å². The Kier molecular flexibility index (Phi) is 1.59. The molecular weight excluding hydrogens is 152 g/mol. The predicted molar refractivity (Wildman–Crippen MR) is 47.4 cm³/mol. The molecule has 0 radical (unpaired) electrons. The summed E-state index contributed by atoms with van der Waals surface area (Å²) < 4.78 is 0. The van der Waals surface area contributed by atoms with Gasteiger partial charge in [-0.2, -0.15) is 0 Å². The van der Waals surface area contributed by atoms with Gasteiger partial charge in [0.15, 0.2) is 6.23 Å². The highest BCUT2D eigenvalue weighted by molar-refractivity contribution is 5.69. The Morgan fingerprint density at radius 3 is 3.08 bits per heavy atom. The van der Waals surface area contributed by atoms with Gasteiger partial charge in [-0.25, -0.2) is 4.99 Å². The van der Waals surface area contributed by atoms with E-state index in [2.05, 4.69) is 10.3 Å². The first kappa shape index (κ1) is 7.31. The molecule has 0 aromatic heterocycles. The number of aliphatic imine (C=N–C) groups is 1. The summed E-state index contributed by atoms with van der Waals surface area (Å²) in [7, 11) is 0. The molecule has 0 bridgehead atoms. The van der Waals surface area contributed by atoms with Gasteiger partial charge in [0, 0.05) is 5.56 Å². The van der Waals surface area contributed by atoms with Crippen molar-refractivity contribution >= 4 is 12.0 Å². The lowest BCUT2D eigenvalue weighted by molar-refractivity contribution is 0.163. The van der Waals surface area contributed by atoms with Crippen molar-refractivity contribution in [3.63, 3.8) is 0 Å². The van der Waals surface area contributed by atoms with E-state index in [9.17, 15) is 5.11 Å². The normalized spacial score (nSPS) is 20.0. The largest absolute Gasteiger partial charge is 0.369 e. The maximum atomic E-state index is 9.48. The molecule has 1 aliphatic rings. The molecule has 1 heterocycles. The first-order valence-corrected chi connectivity index (χ1v) is 3.85. The van der Waals surface area contributed by atoms with E-state index in [-0.39, 0.29) is 0 Å². The van der Waals surface area contributed by atoms with Crippen molar-refractivity contribution < 1.29 is 5.11 Å². The van der Waals surface area contributed by atoms with Gasteiger partial charge in [0.2, 0.25) is 0 Å². The van der Waals surface area contributed by atoms with Gasteiger partial charge >= 0.3 is 0 Å². The molecule has 1 aromatic carbocycles. The minimum Gasteiger partial charge on any atom is -0.369 e. The van der Waals surface area contributed by atoms with E-state index < -0.39 is 6.23 Å². The number of para-hydroxylation sites is 1. The van der Waals surface area contributed by atoms with Crippen LogP contribution in [-0.4, -0.2) is 11.4 Å². The average molecular weight is 162 g/mol. The molecule has 0 saturated heterocycles. The zero-order valence-corrected chi connectivity index (χ0v) is 6.78. The first-order valence-electron chi connectivity index (χ1n) is 3.85. The highest BCUT2D eigenvalue weighted by Gasteiger charge is 2.14. The number of hydrogen-bond donors (Lipinski definition) is 2. The third-order valence-electron chi connectivity index (χ3n) is 1.99. The van der Waals surface area contributed by atoms with Crippen LogP contribution in [-0.2, 0) is 0 Å². The highest BCUT2D eigenvalue weighted by atomic mass is 16.3. The number of rotatable bonds is 0. The molecule has 0 fully saturated rings. The maximum Gasteiger partial charge on any atom is 0.153 e. The van der Waals surface area contributed by atoms with Crippen LogP contribution in [0.15, 0.2) is 23.2 Å². The second-order valence-electron chi connectivity index (χ2n) is 2.84.